The van der Waals surface area contributed by atoms with Gasteiger partial charge in [0.2, 0.25) is 0 Å². The molecule has 10 aromatic rings. The van der Waals surface area contributed by atoms with Crippen LogP contribution in [-0.4, -0.2) is 4.57 Å². The number of hydrogen-bond donors (Lipinski definition) is 0. The zero-order valence-corrected chi connectivity index (χ0v) is 35.5. The molecule has 0 aliphatic heterocycles. The fourth-order valence-electron chi connectivity index (χ4n) is 11.0. The summed E-state index contributed by atoms with van der Waals surface area (Å²) in [7, 11) is 0. The van der Waals surface area contributed by atoms with Crippen LogP contribution in [0.15, 0.2) is 206 Å². The zero-order chi connectivity index (χ0) is 41.7. The van der Waals surface area contributed by atoms with Crippen molar-refractivity contribution >= 4 is 38.9 Å². The lowest BCUT2D eigenvalue weighted by molar-refractivity contribution is 0.660. The van der Waals surface area contributed by atoms with Gasteiger partial charge >= 0.3 is 0 Å². The first-order valence-electron chi connectivity index (χ1n) is 21.9. The Kier molecular flexibility index (Phi) is 7.96. The van der Waals surface area contributed by atoms with Gasteiger partial charge in [0.15, 0.2) is 0 Å². The zero-order valence-electron chi connectivity index (χ0n) is 35.5. The van der Waals surface area contributed by atoms with Crippen LogP contribution in [0.25, 0.3) is 72.0 Å². The Morgan fingerprint density at radius 2 is 0.871 bits per heavy atom. The molecule has 0 atom stereocenters. The van der Waals surface area contributed by atoms with Gasteiger partial charge in [-0.1, -0.05) is 198 Å². The number of hydrogen-bond acceptors (Lipinski definition) is 1. The molecule has 0 unspecified atom stereocenters. The van der Waals surface area contributed by atoms with Crippen LogP contribution in [0.1, 0.15) is 49.9 Å². The summed E-state index contributed by atoms with van der Waals surface area (Å²) in [6.45, 7) is 9.50. The SMILES string of the molecule is CC1(C)c2ccccc2-c2ccc(N(c3ccc4c5ccccc5n(-c5c(-c6ccccc6)ccc6c5-c5ccccc5C6(C)C)c4c3)c3ccccc3-c3ccccc3)cc21. The molecule has 1 heterocycles. The van der Waals surface area contributed by atoms with Gasteiger partial charge < -0.3 is 9.47 Å². The summed E-state index contributed by atoms with van der Waals surface area (Å²) >= 11 is 0. The van der Waals surface area contributed by atoms with E-state index in [4.69, 9.17) is 0 Å². The molecule has 0 saturated heterocycles. The highest BCUT2D eigenvalue weighted by atomic mass is 15.1. The van der Waals surface area contributed by atoms with E-state index in [9.17, 15) is 0 Å². The molecule has 0 radical (unpaired) electrons. The Balaban J connectivity index is 1.17. The van der Waals surface area contributed by atoms with Crippen LogP contribution in [0.5, 0.6) is 0 Å². The number of benzene rings is 9. The van der Waals surface area contributed by atoms with E-state index in [2.05, 4.69) is 243 Å². The normalized spacial score (nSPS) is 14.1. The summed E-state index contributed by atoms with van der Waals surface area (Å²) in [4.78, 5) is 2.50. The summed E-state index contributed by atoms with van der Waals surface area (Å²) in [5.74, 6) is 0. The van der Waals surface area contributed by atoms with Gasteiger partial charge in [-0.15, -0.1) is 0 Å². The Hall–Kier alpha value is -7.42. The first-order valence-corrected chi connectivity index (χ1v) is 21.9. The summed E-state index contributed by atoms with van der Waals surface area (Å²) in [5.41, 5.74) is 22.2. The van der Waals surface area contributed by atoms with E-state index in [1.165, 1.54) is 94.3 Å². The van der Waals surface area contributed by atoms with Crippen molar-refractivity contribution in [1.82, 2.24) is 4.57 Å². The van der Waals surface area contributed by atoms with Gasteiger partial charge in [-0.25, -0.2) is 0 Å². The minimum atomic E-state index is -0.154. The van der Waals surface area contributed by atoms with Gasteiger partial charge in [0.25, 0.3) is 0 Å². The van der Waals surface area contributed by atoms with Crippen molar-refractivity contribution in [2.45, 2.75) is 38.5 Å². The molecule has 0 saturated carbocycles. The van der Waals surface area contributed by atoms with Crippen molar-refractivity contribution in [2.75, 3.05) is 4.90 Å². The highest BCUT2D eigenvalue weighted by Gasteiger charge is 2.39. The lowest BCUT2D eigenvalue weighted by Gasteiger charge is -2.30. The van der Waals surface area contributed by atoms with Crippen molar-refractivity contribution < 1.29 is 0 Å². The summed E-state index contributed by atoms with van der Waals surface area (Å²) in [5, 5.41) is 2.47. The van der Waals surface area contributed by atoms with Crippen LogP contribution in [-0.2, 0) is 10.8 Å². The van der Waals surface area contributed by atoms with E-state index in [0.717, 1.165) is 17.1 Å². The maximum absolute atomic E-state index is 2.58. The molecule has 0 bridgehead atoms. The van der Waals surface area contributed by atoms with Crippen molar-refractivity contribution in [3.63, 3.8) is 0 Å². The largest absolute Gasteiger partial charge is 0.310 e. The molecule has 0 N–H and O–H groups in total. The highest BCUT2D eigenvalue weighted by Crippen LogP contribution is 2.55. The van der Waals surface area contributed by atoms with Crippen LogP contribution in [0.4, 0.5) is 17.1 Å². The van der Waals surface area contributed by atoms with E-state index in [-0.39, 0.29) is 10.8 Å². The van der Waals surface area contributed by atoms with Gasteiger partial charge in [0.05, 0.1) is 22.4 Å². The first kappa shape index (κ1) is 36.4. The fraction of sp³-hybridized carbons (Fsp3) is 0.100. The Morgan fingerprint density at radius 1 is 0.355 bits per heavy atom. The second-order valence-electron chi connectivity index (χ2n) is 18.1. The molecule has 2 heteroatoms. The van der Waals surface area contributed by atoms with Crippen LogP contribution in [0.3, 0.4) is 0 Å². The molecule has 2 aliphatic carbocycles. The molecule has 9 aromatic carbocycles. The summed E-state index contributed by atoms with van der Waals surface area (Å²) in [6.07, 6.45) is 0. The van der Waals surface area contributed by atoms with Crippen LogP contribution >= 0.6 is 0 Å². The van der Waals surface area contributed by atoms with Crippen molar-refractivity contribution in [3.05, 3.63) is 229 Å². The van der Waals surface area contributed by atoms with Gasteiger partial charge in [0.1, 0.15) is 0 Å². The average Bonchev–Trinajstić information content (AvgIpc) is 3.86. The van der Waals surface area contributed by atoms with Gasteiger partial charge in [-0.3, -0.25) is 0 Å². The molecule has 0 amide bonds. The molecule has 12 rings (SSSR count). The minimum Gasteiger partial charge on any atom is -0.310 e. The van der Waals surface area contributed by atoms with E-state index >= 15 is 0 Å². The molecular formula is C60H46N2. The Bertz CT molecular complexity index is 3400. The maximum Gasteiger partial charge on any atom is 0.0622 e. The van der Waals surface area contributed by atoms with Gasteiger partial charge in [0, 0.05) is 49.7 Å². The molecule has 2 aliphatic rings. The molecule has 0 spiro atoms. The standard InChI is InChI=1S/C60H46N2/c1-59(2)51-28-16-12-26-49(51)57-52(59)36-35-44(40-21-9-6-10-22-40)58(57)62-55-30-18-14-25-47(55)48-34-32-42(38-56(48)62)61(54-29-17-13-23-43(54)39-19-7-5-8-20-39)41-31-33-46-45-24-11-15-27-50(45)60(3,4)53(46)37-41/h5-38H,1-4H3. The third kappa shape index (κ3) is 5.23. The highest BCUT2D eigenvalue weighted by molar-refractivity contribution is 6.12. The summed E-state index contributed by atoms with van der Waals surface area (Å²) < 4.78 is 2.58. The second-order valence-corrected chi connectivity index (χ2v) is 18.1. The van der Waals surface area contributed by atoms with Crippen LogP contribution < -0.4 is 4.90 Å². The van der Waals surface area contributed by atoms with Gasteiger partial charge in [-0.2, -0.15) is 0 Å². The lowest BCUT2D eigenvalue weighted by atomic mass is 9.82. The number of nitrogens with zero attached hydrogens (tertiary/aromatic N) is 2. The van der Waals surface area contributed by atoms with E-state index in [0.29, 0.717) is 0 Å². The van der Waals surface area contributed by atoms with Crippen LogP contribution in [0, 0.1) is 0 Å². The smallest absolute Gasteiger partial charge is 0.0622 e. The molecule has 1 aromatic heterocycles. The minimum absolute atomic E-state index is 0.144. The third-order valence-electron chi connectivity index (χ3n) is 14.0. The Morgan fingerprint density at radius 3 is 1.63 bits per heavy atom. The van der Waals surface area contributed by atoms with Crippen LogP contribution in [0.2, 0.25) is 0 Å². The molecule has 2 nitrogen and oxygen atoms in total. The number of rotatable bonds is 6. The predicted molar refractivity (Wildman–Crippen MR) is 261 cm³/mol. The first-order chi connectivity index (χ1) is 30.3. The van der Waals surface area contributed by atoms with Crippen molar-refractivity contribution in [2.24, 2.45) is 0 Å². The molecular weight excluding hydrogens is 749 g/mol. The Labute approximate surface area is 364 Å². The number of aromatic nitrogens is 1. The monoisotopic (exact) mass is 794 g/mol. The summed E-state index contributed by atoms with van der Waals surface area (Å²) in [6, 6.07) is 76.6. The van der Waals surface area contributed by atoms with E-state index in [1.807, 2.05) is 0 Å². The van der Waals surface area contributed by atoms with Gasteiger partial charge in [-0.05, 0) is 86.5 Å². The number of para-hydroxylation sites is 2. The van der Waals surface area contributed by atoms with Crippen molar-refractivity contribution in [1.29, 1.82) is 0 Å². The van der Waals surface area contributed by atoms with Crippen molar-refractivity contribution in [3.8, 4) is 50.2 Å². The molecule has 0 fully saturated rings. The average molecular weight is 795 g/mol. The second kappa shape index (κ2) is 13.5. The quantitative estimate of drug-likeness (QED) is 0.163. The molecule has 62 heavy (non-hydrogen) atoms. The number of anilines is 3. The maximum atomic E-state index is 2.58. The number of fused-ring (bicyclic) bond motifs is 9. The predicted octanol–water partition coefficient (Wildman–Crippen LogP) is 16.2. The third-order valence-corrected chi connectivity index (χ3v) is 14.0. The fourth-order valence-corrected chi connectivity index (χ4v) is 11.0. The topological polar surface area (TPSA) is 8.17 Å². The lowest BCUT2D eigenvalue weighted by Crippen LogP contribution is -2.17. The molecule has 296 valence electrons. The van der Waals surface area contributed by atoms with E-state index < -0.39 is 0 Å². The van der Waals surface area contributed by atoms with E-state index in [1.54, 1.807) is 0 Å².